The van der Waals surface area contributed by atoms with E-state index in [-0.39, 0.29) is 23.2 Å². The van der Waals surface area contributed by atoms with Crippen LogP contribution < -0.4 is 15.6 Å². The minimum absolute atomic E-state index is 0.00476. The van der Waals surface area contributed by atoms with Gasteiger partial charge >= 0.3 is 0 Å². The summed E-state index contributed by atoms with van der Waals surface area (Å²) < 4.78 is 34.2. The monoisotopic (exact) mass is 300 g/mol. The molecule has 1 fully saturated rings. The van der Waals surface area contributed by atoms with Crippen LogP contribution in [0.1, 0.15) is 26.7 Å². The summed E-state index contributed by atoms with van der Waals surface area (Å²) in [5.41, 5.74) is 6.22. The molecule has 1 heterocycles. The molecule has 7 heteroatoms. The van der Waals surface area contributed by atoms with E-state index in [1.807, 2.05) is 13.8 Å². The Labute approximate surface area is 119 Å². The molecule has 1 saturated heterocycles. The maximum Gasteiger partial charge on any atom is 0.238 e. The molecule has 0 amide bonds. The van der Waals surface area contributed by atoms with Crippen LogP contribution >= 0.6 is 0 Å². The van der Waals surface area contributed by atoms with Gasteiger partial charge < -0.3 is 15.2 Å². The fraction of sp³-hybridized carbons (Fsp3) is 0.538. The number of nitrogen functional groups attached to an aromatic ring is 1. The molecule has 112 valence electrons. The van der Waals surface area contributed by atoms with Crippen molar-refractivity contribution < 1.29 is 17.9 Å². The third kappa shape index (κ3) is 3.62. The van der Waals surface area contributed by atoms with Crippen molar-refractivity contribution in [2.45, 2.75) is 49.9 Å². The summed E-state index contributed by atoms with van der Waals surface area (Å²) in [5.74, 6) is 0.350. The van der Waals surface area contributed by atoms with Crippen molar-refractivity contribution in [3.63, 3.8) is 0 Å². The second-order valence-electron chi connectivity index (χ2n) is 5.21. The van der Waals surface area contributed by atoms with Crippen LogP contribution in [0.25, 0.3) is 0 Å². The first-order valence-corrected chi connectivity index (χ1v) is 8.05. The van der Waals surface area contributed by atoms with Gasteiger partial charge in [0.25, 0.3) is 0 Å². The zero-order chi connectivity index (χ0) is 14.9. The molecule has 0 spiro atoms. The Morgan fingerprint density at radius 2 is 1.85 bits per heavy atom. The quantitative estimate of drug-likeness (QED) is 0.817. The van der Waals surface area contributed by atoms with Gasteiger partial charge in [0, 0.05) is 18.9 Å². The molecule has 4 N–H and O–H groups in total. The summed E-state index contributed by atoms with van der Waals surface area (Å²) in [4.78, 5) is -0.00476. The van der Waals surface area contributed by atoms with E-state index in [0.717, 1.165) is 12.8 Å². The predicted octanol–water partition coefficient (Wildman–Crippen LogP) is 1.25. The highest BCUT2D eigenvalue weighted by atomic mass is 32.2. The Morgan fingerprint density at radius 1 is 1.25 bits per heavy atom. The molecule has 2 unspecified atom stereocenters. The number of primary sulfonamides is 1. The van der Waals surface area contributed by atoms with Gasteiger partial charge in [-0.3, -0.25) is 0 Å². The molecule has 2 atom stereocenters. The first-order valence-electron chi connectivity index (χ1n) is 6.50. The fourth-order valence-electron chi connectivity index (χ4n) is 2.41. The summed E-state index contributed by atoms with van der Waals surface area (Å²) in [5, 5.41) is 5.11. The zero-order valence-electron chi connectivity index (χ0n) is 11.6. The van der Waals surface area contributed by atoms with Crippen LogP contribution in [0, 0.1) is 0 Å². The number of nitrogens with two attached hydrogens (primary N) is 2. The van der Waals surface area contributed by atoms with Crippen molar-refractivity contribution in [2.75, 3.05) is 5.73 Å². The number of hydrogen-bond donors (Lipinski definition) is 2. The van der Waals surface area contributed by atoms with Gasteiger partial charge in [-0.1, -0.05) is 0 Å². The SMILES string of the molecule is CC1CC(Oc2cc(S(N)(=O)=O)ccc2N)CC(C)O1. The molecule has 1 aliphatic rings. The molecule has 0 radical (unpaired) electrons. The lowest BCUT2D eigenvalue weighted by Crippen LogP contribution is -2.35. The Balaban J connectivity index is 2.20. The molecule has 1 aliphatic heterocycles. The smallest absolute Gasteiger partial charge is 0.238 e. The average molecular weight is 300 g/mol. The van der Waals surface area contributed by atoms with Gasteiger partial charge in [-0.25, -0.2) is 13.6 Å². The van der Waals surface area contributed by atoms with Crippen LogP contribution in [0.4, 0.5) is 5.69 Å². The van der Waals surface area contributed by atoms with Crippen molar-refractivity contribution in [3.05, 3.63) is 18.2 Å². The third-order valence-electron chi connectivity index (χ3n) is 3.26. The Morgan fingerprint density at radius 3 is 2.40 bits per heavy atom. The first-order chi connectivity index (χ1) is 9.25. The maximum absolute atomic E-state index is 11.4. The van der Waals surface area contributed by atoms with Gasteiger partial charge in [0.05, 0.1) is 22.8 Å². The van der Waals surface area contributed by atoms with Crippen molar-refractivity contribution in [2.24, 2.45) is 5.14 Å². The average Bonchev–Trinajstić information content (AvgIpc) is 2.29. The molecular formula is C13H20N2O4S. The van der Waals surface area contributed by atoms with Gasteiger partial charge in [-0.15, -0.1) is 0 Å². The standard InChI is InChI=1S/C13H20N2O4S/c1-8-5-10(6-9(2)18-8)19-13-7-11(20(15,16)17)3-4-12(13)14/h3-4,7-10H,5-6,14H2,1-2H3,(H2,15,16,17). The molecule has 20 heavy (non-hydrogen) atoms. The van der Waals surface area contributed by atoms with Crippen LogP contribution in [-0.2, 0) is 14.8 Å². The second kappa shape index (κ2) is 5.59. The van der Waals surface area contributed by atoms with E-state index in [2.05, 4.69) is 0 Å². The summed E-state index contributed by atoms with van der Waals surface area (Å²) >= 11 is 0. The van der Waals surface area contributed by atoms with Crippen molar-refractivity contribution in [3.8, 4) is 5.75 Å². The van der Waals surface area contributed by atoms with Gasteiger partial charge in [-0.05, 0) is 26.0 Å². The van der Waals surface area contributed by atoms with E-state index in [9.17, 15) is 8.42 Å². The van der Waals surface area contributed by atoms with Crippen LogP contribution in [0.15, 0.2) is 23.1 Å². The summed E-state index contributed by atoms with van der Waals surface area (Å²) in [6.07, 6.45) is 1.64. The second-order valence-corrected chi connectivity index (χ2v) is 6.77. The minimum Gasteiger partial charge on any atom is -0.488 e. The molecule has 1 aromatic carbocycles. The number of benzene rings is 1. The van der Waals surface area contributed by atoms with Crippen molar-refractivity contribution in [1.29, 1.82) is 0 Å². The van der Waals surface area contributed by atoms with Crippen LogP contribution in [0.2, 0.25) is 0 Å². The van der Waals surface area contributed by atoms with Crippen LogP contribution in [0.5, 0.6) is 5.75 Å². The minimum atomic E-state index is -3.76. The van der Waals surface area contributed by atoms with E-state index < -0.39 is 10.0 Å². The number of anilines is 1. The van der Waals surface area contributed by atoms with Gasteiger partial charge in [-0.2, -0.15) is 0 Å². The largest absolute Gasteiger partial charge is 0.488 e. The highest BCUT2D eigenvalue weighted by molar-refractivity contribution is 7.89. The molecule has 1 aromatic rings. The number of hydrogen-bond acceptors (Lipinski definition) is 5. The fourth-order valence-corrected chi connectivity index (χ4v) is 2.94. The molecule has 0 aliphatic carbocycles. The van der Waals surface area contributed by atoms with E-state index in [4.69, 9.17) is 20.3 Å². The lowest BCUT2D eigenvalue weighted by molar-refractivity contribution is -0.0720. The Bertz CT molecular complexity index is 578. The predicted molar refractivity (Wildman–Crippen MR) is 75.9 cm³/mol. The molecular weight excluding hydrogens is 280 g/mol. The number of sulfonamides is 1. The molecule has 6 nitrogen and oxygen atoms in total. The van der Waals surface area contributed by atoms with Gasteiger partial charge in [0.15, 0.2) is 0 Å². The van der Waals surface area contributed by atoms with E-state index >= 15 is 0 Å². The highest BCUT2D eigenvalue weighted by Gasteiger charge is 2.26. The van der Waals surface area contributed by atoms with Crippen molar-refractivity contribution in [1.82, 2.24) is 0 Å². The van der Waals surface area contributed by atoms with E-state index in [1.165, 1.54) is 18.2 Å². The lowest BCUT2D eigenvalue weighted by atomic mass is 10.0. The Hall–Kier alpha value is -1.31. The van der Waals surface area contributed by atoms with Gasteiger partial charge in [0.1, 0.15) is 11.9 Å². The van der Waals surface area contributed by atoms with Gasteiger partial charge in [0.2, 0.25) is 10.0 Å². The van der Waals surface area contributed by atoms with E-state index in [0.29, 0.717) is 11.4 Å². The van der Waals surface area contributed by atoms with Crippen LogP contribution in [0.3, 0.4) is 0 Å². The lowest BCUT2D eigenvalue weighted by Gasteiger charge is -2.32. The Kier molecular flexibility index (Phi) is 4.22. The zero-order valence-corrected chi connectivity index (χ0v) is 12.4. The molecule has 0 saturated carbocycles. The maximum atomic E-state index is 11.4. The molecule has 2 rings (SSSR count). The molecule has 0 bridgehead atoms. The number of ether oxygens (including phenoxy) is 2. The normalized spacial score (nSPS) is 27.2. The third-order valence-corrected chi connectivity index (χ3v) is 4.17. The van der Waals surface area contributed by atoms with E-state index in [1.54, 1.807) is 0 Å². The van der Waals surface area contributed by atoms with Crippen molar-refractivity contribution >= 4 is 15.7 Å². The summed E-state index contributed by atoms with van der Waals surface area (Å²) in [6.45, 7) is 3.96. The topological polar surface area (TPSA) is 105 Å². The summed E-state index contributed by atoms with van der Waals surface area (Å²) in [7, 11) is -3.76. The van der Waals surface area contributed by atoms with Crippen LogP contribution in [-0.4, -0.2) is 26.7 Å². The highest BCUT2D eigenvalue weighted by Crippen LogP contribution is 2.29. The number of rotatable bonds is 3. The molecule has 0 aromatic heterocycles. The summed E-state index contributed by atoms with van der Waals surface area (Å²) in [6, 6.07) is 4.23. The first kappa shape index (κ1) is 15.1.